The first-order valence-corrected chi connectivity index (χ1v) is 11.3. The summed E-state index contributed by atoms with van der Waals surface area (Å²) >= 11 is 0. The summed E-state index contributed by atoms with van der Waals surface area (Å²) in [7, 11) is 0. The average Bonchev–Trinajstić information content (AvgIpc) is 2.91. The summed E-state index contributed by atoms with van der Waals surface area (Å²) in [6.07, 6.45) is 8.17. The Morgan fingerprint density at radius 3 is 2.60 bits per heavy atom. The van der Waals surface area contributed by atoms with Gasteiger partial charge in [0.2, 0.25) is 11.8 Å². The molecule has 8 nitrogen and oxygen atoms in total. The predicted octanol–water partition coefficient (Wildman–Crippen LogP) is 4.96. The van der Waals surface area contributed by atoms with Crippen molar-refractivity contribution in [3.8, 4) is 11.6 Å². The maximum absolute atomic E-state index is 13.4. The molecule has 0 radical (unpaired) electrons. The van der Waals surface area contributed by atoms with E-state index in [-0.39, 0.29) is 17.6 Å². The van der Waals surface area contributed by atoms with Crippen molar-refractivity contribution in [3.63, 3.8) is 0 Å². The van der Waals surface area contributed by atoms with Gasteiger partial charge in [0.05, 0.1) is 0 Å². The minimum absolute atomic E-state index is 0.0316. The van der Waals surface area contributed by atoms with Crippen molar-refractivity contribution in [1.82, 2.24) is 24.8 Å². The van der Waals surface area contributed by atoms with Crippen LogP contribution in [-0.2, 0) is 0 Å². The van der Waals surface area contributed by atoms with E-state index in [0.717, 1.165) is 18.5 Å². The molecule has 0 unspecified atom stereocenters. The second kappa shape index (κ2) is 10.3. The molecular formula is C26H23FN6O2. The highest BCUT2D eigenvalue weighted by atomic mass is 19.1. The Balaban J connectivity index is 1.31. The van der Waals surface area contributed by atoms with E-state index in [0.29, 0.717) is 41.9 Å². The number of anilines is 2. The van der Waals surface area contributed by atoms with Crippen molar-refractivity contribution in [2.75, 3.05) is 18.4 Å². The number of carbonyl (C=O) groups excluding carboxylic acids is 1. The molecule has 0 spiro atoms. The lowest BCUT2D eigenvalue weighted by Gasteiger charge is -2.33. The van der Waals surface area contributed by atoms with E-state index in [1.807, 2.05) is 17.0 Å². The lowest BCUT2D eigenvalue weighted by atomic mass is 9.94. The minimum Gasteiger partial charge on any atom is -0.437 e. The molecule has 2 aromatic carbocycles. The summed E-state index contributed by atoms with van der Waals surface area (Å²) in [6, 6.07) is 14.8. The summed E-state index contributed by atoms with van der Waals surface area (Å²) < 4.78 is 19.2. The van der Waals surface area contributed by atoms with Crippen LogP contribution in [0, 0.1) is 5.82 Å². The van der Waals surface area contributed by atoms with Gasteiger partial charge in [-0.15, -0.1) is 0 Å². The van der Waals surface area contributed by atoms with Crippen LogP contribution in [0.1, 0.15) is 34.8 Å². The first kappa shape index (κ1) is 22.4. The smallest absolute Gasteiger partial charge is 0.253 e. The minimum atomic E-state index is -0.339. The van der Waals surface area contributed by atoms with Gasteiger partial charge < -0.3 is 15.0 Å². The molecule has 1 saturated heterocycles. The van der Waals surface area contributed by atoms with Crippen molar-refractivity contribution < 1.29 is 13.9 Å². The molecule has 3 heterocycles. The number of halogens is 1. The Bertz CT molecular complexity index is 1300. The number of rotatable bonds is 6. The number of hydrogen-bond acceptors (Lipinski definition) is 7. The third-order valence-corrected chi connectivity index (χ3v) is 5.75. The second-order valence-electron chi connectivity index (χ2n) is 8.17. The highest BCUT2D eigenvalue weighted by Crippen LogP contribution is 2.33. The van der Waals surface area contributed by atoms with Crippen LogP contribution in [0.15, 0.2) is 79.4 Å². The van der Waals surface area contributed by atoms with Gasteiger partial charge in [-0.25, -0.2) is 19.3 Å². The van der Waals surface area contributed by atoms with E-state index in [1.54, 1.807) is 55.1 Å². The first-order chi connectivity index (χ1) is 17.2. The zero-order valence-corrected chi connectivity index (χ0v) is 18.8. The molecule has 1 N–H and O–H groups in total. The van der Waals surface area contributed by atoms with Gasteiger partial charge in [-0.3, -0.25) is 9.78 Å². The largest absolute Gasteiger partial charge is 0.437 e. The van der Waals surface area contributed by atoms with E-state index < -0.39 is 0 Å². The van der Waals surface area contributed by atoms with Crippen LogP contribution in [0.25, 0.3) is 0 Å². The third-order valence-electron chi connectivity index (χ3n) is 5.75. The van der Waals surface area contributed by atoms with Gasteiger partial charge in [0.25, 0.3) is 5.91 Å². The van der Waals surface area contributed by atoms with Crippen LogP contribution < -0.4 is 10.1 Å². The monoisotopic (exact) mass is 470 g/mol. The van der Waals surface area contributed by atoms with Gasteiger partial charge in [-0.1, -0.05) is 6.07 Å². The van der Waals surface area contributed by atoms with Gasteiger partial charge in [0, 0.05) is 55.0 Å². The number of nitrogens with zero attached hydrogens (tertiary/aromatic N) is 5. The Morgan fingerprint density at radius 2 is 1.77 bits per heavy atom. The molecule has 1 atom stereocenters. The van der Waals surface area contributed by atoms with Crippen LogP contribution in [0.3, 0.4) is 0 Å². The standard InChI is InChI=1S/C26H23FN6O2/c27-20-7-9-22(10-8-20)35-24-23(28-13-14-29-24)19-5-2-15-33(17-19)25(34)18-4-1-6-21(16-18)32-26-30-11-3-12-31-26/h1,3-4,6-14,16,19H,2,5,15,17H2,(H,30,31,32)/t19-/m0/s1. The Labute approximate surface area is 201 Å². The number of piperidine rings is 1. The predicted molar refractivity (Wildman–Crippen MR) is 128 cm³/mol. The molecule has 4 aromatic rings. The second-order valence-corrected chi connectivity index (χ2v) is 8.17. The molecular weight excluding hydrogens is 447 g/mol. The molecule has 1 aliphatic heterocycles. The molecule has 9 heteroatoms. The number of ether oxygens (including phenoxy) is 1. The van der Waals surface area contributed by atoms with Gasteiger partial charge >= 0.3 is 0 Å². The molecule has 35 heavy (non-hydrogen) atoms. The lowest BCUT2D eigenvalue weighted by Crippen LogP contribution is -2.39. The highest BCUT2D eigenvalue weighted by Gasteiger charge is 2.29. The van der Waals surface area contributed by atoms with Gasteiger partial charge in [-0.05, 0) is 61.4 Å². The van der Waals surface area contributed by atoms with E-state index in [4.69, 9.17) is 4.74 Å². The zero-order valence-electron chi connectivity index (χ0n) is 18.8. The van der Waals surface area contributed by atoms with Crippen LogP contribution in [0.4, 0.5) is 16.0 Å². The van der Waals surface area contributed by atoms with Crippen LogP contribution in [-0.4, -0.2) is 43.8 Å². The summed E-state index contributed by atoms with van der Waals surface area (Å²) in [4.78, 5) is 32.4. The maximum Gasteiger partial charge on any atom is 0.253 e. The average molecular weight is 471 g/mol. The molecule has 1 aliphatic rings. The van der Waals surface area contributed by atoms with Crippen molar-refractivity contribution in [3.05, 3.63) is 96.5 Å². The molecule has 2 aromatic heterocycles. The molecule has 5 rings (SSSR count). The summed E-state index contributed by atoms with van der Waals surface area (Å²) in [5, 5.41) is 3.12. The van der Waals surface area contributed by atoms with E-state index in [1.165, 1.54) is 12.1 Å². The van der Waals surface area contributed by atoms with E-state index >= 15 is 0 Å². The number of aromatic nitrogens is 4. The molecule has 0 bridgehead atoms. The van der Waals surface area contributed by atoms with Gasteiger partial charge in [0.1, 0.15) is 17.3 Å². The van der Waals surface area contributed by atoms with Crippen molar-refractivity contribution in [2.24, 2.45) is 0 Å². The quantitative estimate of drug-likeness (QED) is 0.426. The number of likely N-dealkylation sites (tertiary alicyclic amines) is 1. The van der Waals surface area contributed by atoms with E-state index in [9.17, 15) is 9.18 Å². The fourth-order valence-electron chi connectivity index (χ4n) is 4.10. The van der Waals surface area contributed by atoms with Crippen LogP contribution in [0.2, 0.25) is 0 Å². The Hall–Kier alpha value is -4.40. The van der Waals surface area contributed by atoms with Crippen molar-refractivity contribution >= 4 is 17.5 Å². The van der Waals surface area contributed by atoms with Crippen molar-refractivity contribution in [2.45, 2.75) is 18.8 Å². The lowest BCUT2D eigenvalue weighted by molar-refractivity contribution is 0.0705. The number of hydrogen-bond donors (Lipinski definition) is 1. The normalized spacial score (nSPS) is 15.5. The first-order valence-electron chi connectivity index (χ1n) is 11.3. The van der Waals surface area contributed by atoms with Crippen molar-refractivity contribution in [1.29, 1.82) is 0 Å². The fraction of sp³-hybridized carbons (Fsp3) is 0.192. The molecule has 176 valence electrons. The molecule has 0 saturated carbocycles. The fourth-order valence-corrected chi connectivity index (χ4v) is 4.10. The highest BCUT2D eigenvalue weighted by molar-refractivity contribution is 5.95. The summed E-state index contributed by atoms with van der Waals surface area (Å²) in [6.45, 7) is 1.15. The topological polar surface area (TPSA) is 93.1 Å². The number of benzene rings is 2. The number of carbonyl (C=O) groups is 1. The molecule has 1 amide bonds. The molecule has 1 fully saturated rings. The SMILES string of the molecule is O=C(c1cccc(Nc2ncccn2)c1)N1CCC[C@H](c2nccnc2Oc2ccc(F)cc2)C1. The number of nitrogens with one attached hydrogen (secondary N) is 1. The summed E-state index contributed by atoms with van der Waals surface area (Å²) in [5.74, 6) is 0.879. The number of amides is 1. The Kier molecular flexibility index (Phi) is 6.56. The maximum atomic E-state index is 13.4. The summed E-state index contributed by atoms with van der Waals surface area (Å²) in [5.41, 5.74) is 2.00. The van der Waals surface area contributed by atoms with Crippen LogP contribution >= 0.6 is 0 Å². The van der Waals surface area contributed by atoms with Crippen LogP contribution in [0.5, 0.6) is 11.6 Å². The van der Waals surface area contributed by atoms with Gasteiger partial charge in [0.15, 0.2) is 0 Å². The van der Waals surface area contributed by atoms with Gasteiger partial charge in [-0.2, -0.15) is 0 Å². The Morgan fingerprint density at radius 1 is 0.971 bits per heavy atom. The molecule has 0 aliphatic carbocycles. The zero-order chi connectivity index (χ0) is 24.0. The van der Waals surface area contributed by atoms with E-state index in [2.05, 4.69) is 25.3 Å². The third kappa shape index (κ3) is 5.40.